The molecule has 0 rings (SSSR count). The average molecular weight is 191 g/mol. The van der Waals surface area contributed by atoms with Crippen LogP contribution in [-0.2, 0) is 4.74 Å². The molecule has 0 aliphatic carbocycles. The molecule has 0 aromatic carbocycles. The molecule has 12 heavy (non-hydrogen) atoms. The molecule has 70 valence electrons. The van der Waals surface area contributed by atoms with Crippen LogP contribution >= 0.6 is 11.6 Å². The van der Waals surface area contributed by atoms with E-state index in [1.165, 1.54) is 0 Å². The number of carbonyl (C=O) groups is 1. The summed E-state index contributed by atoms with van der Waals surface area (Å²) in [5.74, 6) is 0. The molecule has 2 nitrogen and oxygen atoms in total. The molecule has 3 heteroatoms. The molecule has 0 amide bonds. The van der Waals surface area contributed by atoms with Crippen molar-refractivity contribution < 1.29 is 9.53 Å². The van der Waals surface area contributed by atoms with Gasteiger partial charge in [0.1, 0.15) is 6.10 Å². The van der Waals surface area contributed by atoms with Crippen LogP contribution in [0, 0.1) is 0 Å². The fraction of sp³-hybridized carbons (Fsp3) is 0.667. The van der Waals surface area contributed by atoms with Crippen LogP contribution in [0.25, 0.3) is 0 Å². The molecule has 0 saturated heterocycles. The Kier molecular flexibility index (Phi) is 6.87. The van der Waals surface area contributed by atoms with Gasteiger partial charge < -0.3 is 4.74 Å². The van der Waals surface area contributed by atoms with Crippen LogP contribution in [0.15, 0.2) is 12.7 Å². The second kappa shape index (κ2) is 7.17. The molecular formula is C9H15ClO2. The van der Waals surface area contributed by atoms with E-state index in [-0.39, 0.29) is 6.10 Å². The maximum Gasteiger partial charge on any atom is 0.404 e. The van der Waals surface area contributed by atoms with Gasteiger partial charge in [0.2, 0.25) is 0 Å². The number of hydrogen-bond donors (Lipinski definition) is 0. The fourth-order valence-corrected chi connectivity index (χ4v) is 1.10. The Morgan fingerprint density at radius 2 is 2.42 bits per heavy atom. The molecular weight excluding hydrogens is 176 g/mol. The molecule has 0 saturated carbocycles. The quantitative estimate of drug-likeness (QED) is 0.474. The molecule has 0 spiro atoms. The minimum Gasteiger partial charge on any atom is -0.450 e. The lowest BCUT2D eigenvalue weighted by atomic mass is 10.1. The van der Waals surface area contributed by atoms with E-state index < -0.39 is 5.43 Å². The molecule has 1 atom stereocenters. The third kappa shape index (κ3) is 6.23. The number of ether oxygens (including phenoxy) is 1. The molecule has 0 heterocycles. The van der Waals surface area contributed by atoms with Crippen molar-refractivity contribution in [3.63, 3.8) is 0 Å². The SMILES string of the molecule is C=CCC(CCCC)OC(=O)Cl. The molecule has 0 N–H and O–H groups in total. The fourth-order valence-electron chi connectivity index (χ4n) is 0.974. The highest BCUT2D eigenvalue weighted by atomic mass is 35.5. The first kappa shape index (κ1) is 11.5. The zero-order valence-corrected chi connectivity index (χ0v) is 8.14. The summed E-state index contributed by atoms with van der Waals surface area (Å²) in [6, 6.07) is 0. The number of carbonyl (C=O) groups excluding carboxylic acids is 1. The van der Waals surface area contributed by atoms with Crippen LogP contribution in [0.5, 0.6) is 0 Å². The van der Waals surface area contributed by atoms with Crippen molar-refractivity contribution in [2.45, 2.75) is 38.7 Å². The normalized spacial score (nSPS) is 12.2. The summed E-state index contributed by atoms with van der Waals surface area (Å²) < 4.78 is 4.85. The van der Waals surface area contributed by atoms with E-state index in [1.54, 1.807) is 6.08 Å². The highest BCUT2D eigenvalue weighted by Gasteiger charge is 2.09. The van der Waals surface area contributed by atoms with Crippen LogP contribution in [-0.4, -0.2) is 11.5 Å². The van der Waals surface area contributed by atoms with E-state index in [1.807, 2.05) is 0 Å². The Morgan fingerprint density at radius 3 is 2.83 bits per heavy atom. The van der Waals surface area contributed by atoms with Gasteiger partial charge in [-0.3, -0.25) is 0 Å². The summed E-state index contributed by atoms with van der Waals surface area (Å²) in [6.45, 7) is 5.67. The van der Waals surface area contributed by atoms with E-state index in [0.717, 1.165) is 19.3 Å². The van der Waals surface area contributed by atoms with E-state index >= 15 is 0 Å². The second-order valence-corrected chi connectivity index (χ2v) is 2.95. The minimum absolute atomic E-state index is 0.0903. The van der Waals surface area contributed by atoms with Gasteiger partial charge in [-0.1, -0.05) is 25.8 Å². The summed E-state index contributed by atoms with van der Waals surface area (Å²) >= 11 is 5.09. The first-order chi connectivity index (χ1) is 5.70. The molecule has 0 aliphatic heterocycles. The summed E-state index contributed by atoms with van der Waals surface area (Å²) in [7, 11) is 0. The van der Waals surface area contributed by atoms with Crippen molar-refractivity contribution in [2.75, 3.05) is 0 Å². The molecule has 0 fully saturated rings. The van der Waals surface area contributed by atoms with Gasteiger partial charge in [-0.2, -0.15) is 0 Å². The lowest BCUT2D eigenvalue weighted by Gasteiger charge is -2.13. The van der Waals surface area contributed by atoms with Crippen LogP contribution < -0.4 is 0 Å². The largest absolute Gasteiger partial charge is 0.450 e. The van der Waals surface area contributed by atoms with Gasteiger partial charge in [0.25, 0.3) is 0 Å². The molecule has 0 aromatic rings. The summed E-state index contributed by atoms with van der Waals surface area (Å²) in [5.41, 5.74) is -0.724. The minimum atomic E-state index is -0.724. The van der Waals surface area contributed by atoms with Crippen molar-refractivity contribution in [3.8, 4) is 0 Å². The molecule has 1 unspecified atom stereocenters. The Hall–Kier alpha value is -0.500. The number of rotatable bonds is 6. The smallest absolute Gasteiger partial charge is 0.404 e. The average Bonchev–Trinajstić information content (AvgIpc) is 2.00. The standard InChI is InChI=1S/C9H15ClO2/c1-3-5-7-8(6-4-2)12-9(10)11/h4,8H,2-3,5-7H2,1H3. The Labute approximate surface area is 78.5 Å². The molecule has 0 radical (unpaired) electrons. The van der Waals surface area contributed by atoms with Crippen molar-refractivity contribution >= 4 is 17.0 Å². The Bertz CT molecular complexity index is 145. The topological polar surface area (TPSA) is 26.3 Å². The second-order valence-electron chi connectivity index (χ2n) is 2.64. The first-order valence-corrected chi connectivity index (χ1v) is 4.55. The van der Waals surface area contributed by atoms with Crippen molar-refractivity contribution in [1.82, 2.24) is 0 Å². The van der Waals surface area contributed by atoms with Gasteiger partial charge in [-0.15, -0.1) is 6.58 Å². The summed E-state index contributed by atoms with van der Waals surface area (Å²) in [5, 5.41) is 0. The number of hydrogen-bond acceptors (Lipinski definition) is 2. The predicted molar refractivity (Wildman–Crippen MR) is 50.5 cm³/mol. The Balaban J connectivity index is 3.68. The van der Waals surface area contributed by atoms with E-state index in [4.69, 9.17) is 16.3 Å². The maximum absolute atomic E-state index is 10.4. The van der Waals surface area contributed by atoms with Crippen molar-refractivity contribution in [2.24, 2.45) is 0 Å². The van der Waals surface area contributed by atoms with Gasteiger partial charge in [0, 0.05) is 18.0 Å². The first-order valence-electron chi connectivity index (χ1n) is 4.17. The molecule has 0 bridgehead atoms. The monoisotopic (exact) mass is 190 g/mol. The third-order valence-corrected chi connectivity index (χ3v) is 1.66. The molecule has 0 aliphatic rings. The van der Waals surface area contributed by atoms with Crippen LogP contribution in [0.2, 0.25) is 0 Å². The van der Waals surface area contributed by atoms with Gasteiger partial charge >= 0.3 is 5.43 Å². The van der Waals surface area contributed by atoms with Crippen LogP contribution in [0.3, 0.4) is 0 Å². The zero-order valence-electron chi connectivity index (χ0n) is 7.38. The van der Waals surface area contributed by atoms with E-state index in [9.17, 15) is 4.79 Å². The number of halogens is 1. The predicted octanol–water partition coefficient (Wildman–Crippen LogP) is 3.50. The zero-order chi connectivity index (χ0) is 9.40. The number of unbranched alkanes of at least 4 members (excludes halogenated alkanes) is 1. The summed E-state index contributed by atoms with van der Waals surface area (Å²) in [4.78, 5) is 10.4. The third-order valence-electron chi connectivity index (χ3n) is 1.57. The highest BCUT2D eigenvalue weighted by Crippen LogP contribution is 2.10. The van der Waals surface area contributed by atoms with Gasteiger partial charge in [-0.05, 0) is 6.42 Å². The van der Waals surface area contributed by atoms with Crippen LogP contribution in [0.4, 0.5) is 4.79 Å². The maximum atomic E-state index is 10.4. The van der Waals surface area contributed by atoms with E-state index in [2.05, 4.69) is 13.5 Å². The molecule has 0 aromatic heterocycles. The van der Waals surface area contributed by atoms with Crippen molar-refractivity contribution in [1.29, 1.82) is 0 Å². The lowest BCUT2D eigenvalue weighted by molar-refractivity contribution is 0.115. The van der Waals surface area contributed by atoms with Crippen molar-refractivity contribution in [3.05, 3.63) is 12.7 Å². The lowest BCUT2D eigenvalue weighted by Crippen LogP contribution is -2.13. The van der Waals surface area contributed by atoms with Gasteiger partial charge in [-0.25, -0.2) is 4.79 Å². The van der Waals surface area contributed by atoms with Gasteiger partial charge in [0.05, 0.1) is 0 Å². The van der Waals surface area contributed by atoms with Gasteiger partial charge in [0.15, 0.2) is 0 Å². The Morgan fingerprint density at radius 1 is 1.75 bits per heavy atom. The van der Waals surface area contributed by atoms with Crippen LogP contribution in [0.1, 0.15) is 32.6 Å². The highest BCUT2D eigenvalue weighted by molar-refractivity contribution is 6.61. The summed E-state index contributed by atoms with van der Waals surface area (Å²) in [6.07, 6.45) is 5.32. The van der Waals surface area contributed by atoms with E-state index in [0.29, 0.717) is 6.42 Å².